The molecule has 7 nitrogen and oxygen atoms in total. The number of pyridine rings is 1. The van der Waals surface area contributed by atoms with E-state index in [1.54, 1.807) is 6.20 Å². The summed E-state index contributed by atoms with van der Waals surface area (Å²) in [5, 5.41) is 9.48. The van der Waals surface area contributed by atoms with Crippen molar-refractivity contribution in [3.63, 3.8) is 0 Å². The Morgan fingerprint density at radius 1 is 0.971 bits per heavy atom. The Morgan fingerprint density at radius 3 is 2.69 bits per heavy atom. The Kier molecular flexibility index (Phi) is 4.51. The third-order valence-electron chi connectivity index (χ3n) is 6.81. The highest BCUT2D eigenvalue weighted by atomic mass is 16.2. The van der Waals surface area contributed by atoms with Crippen molar-refractivity contribution in [1.29, 1.82) is 0 Å². The number of carbonyl (C=O) groups excluding carboxylic acids is 1. The Balaban J connectivity index is 1.44. The summed E-state index contributed by atoms with van der Waals surface area (Å²) in [7, 11) is 0. The van der Waals surface area contributed by atoms with Crippen LogP contribution >= 0.6 is 0 Å². The number of anilines is 4. The fourth-order valence-electron chi connectivity index (χ4n) is 4.86. The predicted molar refractivity (Wildman–Crippen MR) is 141 cm³/mol. The lowest BCUT2D eigenvalue weighted by Gasteiger charge is -2.16. The fraction of sp³-hybridized carbons (Fsp3) is 0.143. The molecule has 3 aromatic carbocycles. The first-order valence-electron chi connectivity index (χ1n) is 11.5. The Morgan fingerprint density at radius 2 is 1.83 bits per heavy atom. The number of nitrogen functional groups attached to an aromatic ring is 1. The summed E-state index contributed by atoms with van der Waals surface area (Å²) in [4.78, 5) is 25.4. The second kappa shape index (κ2) is 7.50. The Bertz CT molecular complexity index is 1670. The zero-order valence-electron chi connectivity index (χ0n) is 19.7. The number of nitrogens with one attached hydrogen (secondary N) is 2. The maximum atomic E-state index is 12.3. The molecule has 1 amide bonds. The number of hydrogen-bond acceptors (Lipinski definition) is 6. The molecule has 5 aromatic rings. The van der Waals surface area contributed by atoms with Crippen LogP contribution in [0.1, 0.15) is 25.0 Å². The number of nitrogens with zero attached hydrogens (tertiary/aromatic N) is 3. The number of amides is 1. The number of hydrogen-bond donors (Lipinski definition) is 3. The van der Waals surface area contributed by atoms with Gasteiger partial charge in [-0.1, -0.05) is 24.3 Å². The van der Waals surface area contributed by atoms with E-state index in [1.165, 1.54) is 0 Å². The number of fused-ring (bicyclic) bond motifs is 3. The molecule has 1 aliphatic heterocycles. The average molecular weight is 461 g/mol. The molecular weight excluding hydrogens is 436 g/mol. The number of benzene rings is 3. The van der Waals surface area contributed by atoms with Crippen molar-refractivity contribution >= 4 is 50.7 Å². The molecule has 2 aromatic heterocycles. The fourth-order valence-corrected chi connectivity index (χ4v) is 4.86. The molecule has 0 saturated heterocycles. The predicted octanol–water partition coefficient (Wildman–Crippen LogP) is 5.71. The van der Waals surface area contributed by atoms with Crippen LogP contribution in [0.25, 0.3) is 32.8 Å². The van der Waals surface area contributed by atoms with Gasteiger partial charge in [0.15, 0.2) is 0 Å². The molecule has 1 aliphatic rings. The van der Waals surface area contributed by atoms with Crippen LogP contribution in [0.15, 0.2) is 67.0 Å². The second-order valence-corrected chi connectivity index (χ2v) is 9.48. The van der Waals surface area contributed by atoms with Gasteiger partial charge < -0.3 is 16.4 Å². The summed E-state index contributed by atoms with van der Waals surface area (Å²) in [5.74, 6) is 1.03. The first-order valence-corrected chi connectivity index (χ1v) is 11.5. The molecule has 0 fully saturated rings. The maximum absolute atomic E-state index is 12.3. The van der Waals surface area contributed by atoms with Gasteiger partial charge in [-0.3, -0.25) is 4.79 Å². The maximum Gasteiger partial charge on any atom is 0.234 e. The molecule has 172 valence electrons. The first kappa shape index (κ1) is 21.0. The van der Waals surface area contributed by atoms with Crippen LogP contribution in [0, 0.1) is 6.92 Å². The van der Waals surface area contributed by atoms with Crippen molar-refractivity contribution < 1.29 is 4.79 Å². The molecule has 0 unspecified atom stereocenters. The first-order chi connectivity index (χ1) is 16.8. The van der Waals surface area contributed by atoms with Gasteiger partial charge in [0, 0.05) is 34.5 Å². The lowest BCUT2D eigenvalue weighted by molar-refractivity contribution is -0.119. The summed E-state index contributed by atoms with van der Waals surface area (Å²) in [6.07, 6.45) is 3.57. The topological polar surface area (TPSA) is 106 Å². The minimum Gasteiger partial charge on any atom is -0.368 e. The molecule has 6 rings (SSSR count). The summed E-state index contributed by atoms with van der Waals surface area (Å²) >= 11 is 0. The molecule has 4 N–H and O–H groups in total. The van der Waals surface area contributed by atoms with E-state index in [2.05, 4.69) is 56.8 Å². The standard InChI is InChI=1S/C28H24N6O/c1-15-4-7-20-19(24(15)16-5-9-22-17(12-16)14-31-27(29)34-22)10-11-30-25(20)32-18-6-8-21-23(13-18)33-26(35)28(21,2)3/h4-14H,1-3H3,(H,30,32)(H,33,35)(H2,29,31,34). The SMILES string of the molecule is Cc1ccc2c(Nc3ccc4c(c3)NC(=O)C4(C)C)nccc2c1-c1ccc2nc(N)ncc2c1. The van der Waals surface area contributed by atoms with Crippen LogP contribution in [-0.4, -0.2) is 20.9 Å². The van der Waals surface area contributed by atoms with E-state index in [4.69, 9.17) is 5.73 Å². The highest BCUT2D eigenvalue weighted by molar-refractivity contribution is 6.07. The van der Waals surface area contributed by atoms with Crippen LogP contribution in [0.3, 0.4) is 0 Å². The summed E-state index contributed by atoms with van der Waals surface area (Å²) in [6.45, 7) is 5.98. The number of rotatable bonds is 3. The van der Waals surface area contributed by atoms with Gasteiger partial charge >= 0.3 is 0 Å². The Hall–Kier alpha value is -4.52. The zero-order valence-corrected chi connectivity index (χ0v) is 19.7. The van der Waals surface area contributed by atoms with Crippen molar-refractivity contribution in [2.75, 3.05) is 16.4 Å². The van der Waals surface area contributed by atoms with Gasteiger partial charge in [-0.05, 0) is 78.7 Å². The van der Waals surface area contributed by atoms with Crippen LogP contribution in [0.2, 0.25) is 0 Å². The zero-order chi connectivity index (χ0) is 24.3. The largest absolute Gasteiger partial charge is 0.368 e. The molecule has 0 aliphatic carbocycles. The van der Waals surface area contributed by atoms with Gasteiger partial charge in [0.2, 0.25) is 11.9 Å². The molecule has 0 saturated carbocycles. The lowest BCUT2D eigenvalue weighted by Crippen LogP contribution is -2.26. The number of aromatic nitrogens is 3. The van der Waals surface area contributed by atoms with Gasteiger partial charge in [-0.25, -0.2) is 15.0 Å². The van der Waals surface area contributed by atoms with E-state index in [9.17, 15) is 4.79 Å². The van der Waals surface area contributed by atoms with Crippen LogP contribution in [0.4, 0.5) is 23.1 Å². The van der Waals surface area contributed by atoms with E-state index in [0.717, 1.165) is 61.1 Å². The van der Waals surface area contributed by atoms with Gasteiger partial charge in [-0.15, -0.1) is 0 Å². The quantitative estimate of drug-likeness (QED) is 0.318. The van der Waals surface area contributed by atoms with Crippen molar-refractivity contribution in [3.8, 4) is 11.1 Å². The van der Waals surface area contributed by atoms with E-state index in [1.807, 2.05) is 50.4 Å². The molecular formula is C28H24N6O. The molecule has 7 heteroatoms. The van der Waals surface area contributed by atoms with Gasteiger partial charge in [-0.2, -0.15) is 0 Å². The molecule has 0 bridgehead atoms. The van der Waals surface area contributed by atoms with Gasteiger partial charge in [0.25, 0.3) is 0 Å². The second-order valence-electron chi connectivity index (χ2n) is 9.48. The van der Waals surface area contributed by atoms with Crippen LogP contribution in [0.5, 0.6) is 0 Å². The van der Waals surface area contributed by atoms with E-state index in [0.29, 0.717) is 0 Å². The molecule has 0 spiro atoms. The molecule has 35 heavy (non-hydrogen) atoms. The number of carbonyl (C=O) groups is 1. The highest BCUT2D eigenvalue weighted by Gasteiger charge is 2.38. The highest BCUT2D eigenvalue weighted by Crippen LogP contribution is 2.40. The Labute approximate surface area is 202 Å². The van der Waals surface area contributed by atoms with Gasteiger partial charge in [0.05, 0.1) is 10.9 Å². The van der Waals surface area contributed by atoms with E-state index < -0.39 is 5.41 Å². The monoisotopic (exact) mass is 460 g/mol. The minimum absolute atomic E-state index is 0.0107. The summed E-state index contributed by atoms with van der Waals surface area (Å²) in [5.41, 5.74) is 12.1. The van der Waals surface area contributed by atoms with Crippen LogP contribution < -0.4 is 16.4 Å². The third-order valence-corrected chi connectivity index (χ3v) is 6.81. The van der Waals surface area contributed by atoms with E-state index in [-0.39, 0.29) is 11.9 Å². The van der Waals surface area contributed by atoms with E-state index >= 15 is 0 Å². The summed E-state index contributed by atoms with van der Waals surface area (Å²) < 4.78 is 0. The smallest absolute Gasteiger partial charge is 0.234 e. The van der Waals surface area contributed by atoms with Crippen molar-refractivity contribution in [2.24, 2.45) is 0 Å². The van der Waals surface area contributed by atoms with Crippen LogP contribution in [-0.2, 0) is 10.2 Å². The normalized spacial score (nSPS) is 14.2. The molecule has 0 atom stereocenters. The summed E-state index contributed by atoms with van der Waals surface area (Å²) in [6, 6.07) is 18.3. The third kappa shape index (κ3) is 3.35. The van der Waals surface area contributed by atoms with Crippen molar-refractivity contribution in [3.05, 3.63) is 78.1 Å². The number of nitrogens with two attached hydrogens (primary N) is 1. The average Bonchev–Trinajstić information content (AvgIpc) is 3.06. The number of aryl methyl sites for hydroxylation is 1. The molecule has 0 radical (unpaired) electrons. The van der Waals surface area contributed by atoms with Crippen molar-refractivity contribution in [1.82, 2.24) is 15.0 Å². The lowest BCUT2D eigenvalue weighted by atomic mass is 9.86. The minimum atomic E-state index is -0.533. The molecule has 3 heterocycles. The van der Waals surface area contributed by atoms with Gasteiger partial charge in [0.1, 0.15) is 5.82 Å². The van der Waals surface area contributed by atoms with Crippen molar-refractivity contribution in [2.45, 2.75) is 26.2 Å².